The molecule has 11 heteroatoms. The number of rotatable bonds is 8. The van der Waals surface area contributed by atoms with Gasteiger partial charge in [0, 0.05) is 26.2 Å². The van der Waals surface area contributed by atoms with Gasteiger partial charge < -0.3 is 14.6 Å². The second-order valence-electron chi connectivity index (χ2n) is 7.78. The fourth-order valence-electron chi connectivity index (χ4n) is 4.07. The normalized spacial score (nSPS) is 12.8. The smallest absolute Gasteiger partial charge is 0.435 e. The molecule has 0 unspecified atom stereocenters. The number of benzene rings is 2. The molecule has 2 aromatic carbocycles. The molecule has 0 spiro atoms. The topological polar surface area (TPSA) is 89.0 Å². The van der Waals surface area contributed by atoms with Gasteiger partial charge in [0.05, 0.1) is 0 Å². The van der Waals surface area contributed by atoms with Crippen LogP contribution >= 0.6 is 11.3 Å². The van der Waals surface area contributed by atoms with E-state index in [1.165, 1.54) is 7.11 Å². The number of methoxy groups -OCH3 is 1. The van der Waals surface area contributed by atoms with Crippen LogP contribution in [0.1, 0.15) is 38.8 Å². The van der Waals surface area contributed by atoms with Crippen molar-refractivity contribution in [2.24, 2.45) is 0 Å². The molecule has 0 radical (unpaired) electrons. The third-order valence-corrected chi connectivity index (χ3v) is 6.66. The maximum absolute atomic E-state index is 13.4. The van der Waals surface area contributed by atoms with Gasteiger partial charge >= 0.3 is 18.2 Å². The molecule has 0 bridgehead atoms. The highest BCUT2D eigenvalue weighted by atomic mass is 32.1. The molecule has 1 amide bonds. The molecule has 0 saturated heterocycles. The molecular formula is C24H21F3N2O5S. The van der Waals surface area contributed by atoms with Gasteiger partial charge in [0.2, 0.25) is 0 Å². The standard InChI is InChI=1S/C24H21F3N2O5S/c1-33-12-6-11-29(22-28-20(24(25,26)27)19(35-22)21(30)31)23(32)34-13-18-16-9-4-2-7-14(16)15-8-3-5-10-17(15)18/h2-5,7-10,18H,6,11-13H2,1H3,(H,30,31). The van der Waals surface area contributed by atoms with E-state index >= 15 is 0 Å². The van der Waals surface area contributed by atoms with Crippen molar-refractivity contribution in [3.8, 4) is 11.1 Å². The highest BCUT2D eigenvalue weighted by Crippen LogP contribution is 2.44. The van der Waals surface area contributed by atoms with Gasteiger partial charge in [-0.1, -0.05) is 59.9 Å². The van der Waals surface area contributed by atoms with Crippen LogP contribution in [0.2, 0.25) is 0 Å². The summed E-state index contributed by atoms with van der Waals surface area (Å²) in [6.07, 6.45) is -5.62. The number of carboxylic acids is 1. The summed E-state index contributed by atoms with van der Waals surface area (Å²) in [5.74, 6) is -2.02. The van der Waals surface area contributed by atoms with Crippen molar-refractivity contribution < 1.29 is 37.3 Å². The van der Waals surface area contributed by atoms with Gasteiger partial charge in [0.25, 0.3) is 0 Å². The summed E-state index contributed by atoms with van der Waals surface area (Å²) < 4.78 is 50.6. The van der Waals surface area contributed by atoms with Crippen molar-refractivity contribution in [3.05, 3.63) is 70.2 Å². The minimum atomic E-state index is -4.98. The molecule has 35 heavy (non-hydrogen) atoms. The lowest BCUT2D eigenvalue weighted by atomic mass is 9.98. The lowest BCUT2D eigenvalue weighted by Gasteiger charge is -2.21. The molecule has 7 nitrogen and oxygen atoms in total. The largest absolute Gasteiger partial charge is 0.477 e. The lowest BCUT2D eigenvalue weighted by molar-refractivity contribution is -0.141. The van der Waals surface area contributed by atoms with Crippen molar-refractivity contribution in [2.45, 2.75) is 18.5 Å². The highest BCUT2D eigenvalue weighted by molar-refractivity contribution is 7.17. The molecule has 184 valence electrons. The molecule has 1 N–H and O–H groups in total. The van der Waals surface area contributed by atoms with E-state index in [2.05, 4.69) is 4.98 Å². The Morgan fingerprint density at radius 3 is 2.20 bits per heavy atom. The van der Waals surface area contributed by atoms with Crippen LogP contribution in [-0.4, -0.2) is 49.0 Å². The first kappa shape index (κ1) is 24.7. The third-order valence-electron chi connectivity index (χ3n) is 5.60. The molecule has 3 aromatic rings. The summed E-state index contributed by atoms with van der Waals surface area (Å²) in [5.41, 5.74) is 2.47. The number of aromatic nitrogens is 1. The minimum Gasteiger partial charge on any atom is -0.477 e. The first-order chi connectivity index (χ1) is 16.7. The Kier molecular flexibility index (Phi) is 7.08. The Morgan fingerprint density at radius 1 is 1.09 bits per heavy atom. The van der Waals surface area contributed by atoms with E-state index in [0.29, 0.717) is 0 Å². The summed E-state index contributed by atoms with van der Waals surface area (Å²) >= 11 is 0.278. The maximum atomic E-state index is 13.4. The molecule has 1 heterocycles. The summed E-state index contributed by atoms with van der Waals surface area (Å²) in [4.78, 5) is 27.8. The molecule has 1 aliphatic rings. The van der Waals surface area contributed by atoms with Crippen molar-refractivity contribution >= 4 is 28.5 Å². The molecule has 1 aromatic heterocycles. The molecule has 0 fully saturated rings. The fraction of sp³-hybridized carbons (Fsp3) is 0.292. The van der Waals surface area contributed by atoms with E-state index in [4.69, 9.17) is 9.47 Å². The van der Waals surface area contributed by atoms with Crippen molar-refractivity contribution in [2.75, 3.05) is 31.8 Å². The van der Waals surface area contributed by atoms with Crippen LogP contribution in [0.15, 0.2) is 48.5 Å². The molecule has 0 saturated carbocycles. The third kappa shape index (κ3) is 5.01. The zero-order valence-electron chi connectivity index (χ0n) is 18.5. The molecule has 0 atom stereocenters. The number of carboxylic acid groups (broad SMARTS) is 1. The summed E-state index contributed by atoms with van der Waals surface area (Å²) in [7, 11) is 1.45. The summed E-state index contributed by atoms with van der Waals surface area (Å²) in [6, 6.07) is 15.5. The van der Waals surface area contributed by atoms with Crippen molar-refractivity contribution in [1.82, 2.24) is 4.98 Å². The van der Waals surface area contributed by atoms with Gasteiger partial charge in [-0.05, 0) is 28.7 Å². The number of amides is 1. The fourth-order valence-corrected chi connectivity index (χ4v) is 5.01. The van der Waals surface area contributed by atoms with Gasteiger partial charge in [-0.2, -0.15) is 13.2 Å². The summed E-state index contributed by atoms with van der Waals surface area (Å²) in [5, 5.41) is 8.83. The van der Waals surface area contributed by atoms with E-state index in [-0.39, 0.29) is 43.4 Å². The average molecular weight is 507 g/mol. The van der Waals surface area contributed by atoms with Crippen LogP contribution in [-0.2, 0) is 15.7 Å². The molecule has 0 aliphatic heterocycles. The Labute approximate surface area is 202 Å². The second kappa shape index (κ2) is 10.0. The van der Waals surface area contributed by atoms with Gasteiger partial charge in [-0.25, -0.2) is 14.6 Å². The zero-order valence-corrected chi connectivity index (χ0v) is 19.4. The zero-order chi connectivity index (χ0) is 25.2. The van der Waals surface area contributed by atoms with Crippen LogP contribution in [0.25, 0.3) is 11.1 Å². The quantitative estimate of drug-likeness (QED) is 0.397. The number of alkyl halides is 3. The van der Waals surface area contributed by atoms with Crippen molar-refractivity contribution in [3.63, 3.8) is 0 Å². The Hall–Kier alpha value is -3.44. The molecule has 1 aliphatic carbocycles. The number of hydrogen-bond donors (Lipinski definition) is 1. The van der Waals surface area contributed by atoms with Crippen LogP contribution in [0.5, 0.6) is 0 Å². The van der Waals surface area contributed by atoms with E-state index in [1.54, 1.807) is 0 Å². The SMILES string of the molecule is COCCCN(C(=O)OCC1c2ccccc2-c2ccccc21)c1nc(C(F)(F)F)c(C(=O)O)s1. The predicted octanol–water partition coefficient (Wildman–Crippen LogP) is 5.65. The van der Waals surface area contributed by atoms with E-state index in [0.717, 1.165) is 27.2 Å². The first-order valence-electron chi connectivity index (χ1n) is 10.6. The molecular weight excluding hydrogens is 485 g/mol. The Balaban J connectivity index is 1.60. The monoisotopic (exact) mass is 506 g/mol. The van der Waals surface area contributed by atoms with Gasteiger partial charge in [-0.15, -0.1) is 0 Å². The number of carbonyl (C=O) groups excluding carboxylic acids is 1. The number of ether oxygens (including phenoxy) is 2. The van der Waals surface area contributed by atoms with Gasteiger partial charge in [-0.3, -0.25) is 4.90 Å². The number of nitrogens with zero attached hydrogens (tertiary/aromatic N) is 2. The number of fused-ring (bicyclic) bond motifs is 3. The van der Waals surface area contributed by atoms with Crippen molar-refractivity contribution in [1.29, 1.82) is 0 Å². The second-order valence-corrected chi connectivity index (χ2v) is 8.76. The molecule has 4 rings (SSSR count). The Morgan fingerprint density at radius 2 is 1.69 bits per heavy atom. The van der Waals surface area contributed by atoms with E-state index in [9.17, 15) is 27.9 Å². The van der Waals surface area contributed by atoms with Crippen LogP contribution in [0.4, 0.5) is 23.1 Å². The minimum absolute atomic E-state index is 0.0447. The number of hydrogen-bond acceptors (Lipinski definition) is 6. The number of anilines is 1. The van der Waals surface area contributed by atoms with E-state index < -0.39 is 33.9 Å². The number of aromatic carboxylic acids is 1. The maximum Gasteiger partial charge on any atom is 0.435 e. The highest BCUT2D eigenvalue weighted by Gasteiger charge is 2.41. The van der Waals surface area contributed by atoms with Crippen LogP contribution in [0.3, 0.4) is 0 Å². The van der Waals surface area contributed by atoms with Gasteiger partial charge in [0.15, 0.2) is 10.8 Å². The number of carbonyl (C=O) groups is 2. The lowest BCUT2D eigenvalue weighted by Crippen LogP contribution is -2.34. The summed E-state index contributed by atoms with van der Waals surface area (Å²) in [6.45, 7) is 0.127. The Bertz CT molecular complexity index is 1200. The average Bonchev–Trinajstić information content (AvgIpc) is 3.41. The number of thiazole rings is 1. The van der Waals surface area contributed by atoms with Gasteiger partial charge in [0.1, 0.15) is 11.5 Å². The first-order valence-corrected chi connectivity index (χ1v) is 11.5. The van der Waals surface area contributed by atoms with Crippen LogP contribution < -0.4 is 4.90 Å². The number of halogens is 3. The predicted molar refractivity (Wildman–Crippen MR) is 123 cm³/mol. The van der Waals surface area contributed by atoms with Crippen LogP contribution in [0, 0.1) is 0 Å². The van der Waals surface area contributed by atoms with E-state index in [1.807, 2.05) is 48.5 Å².